The number of hydrogen-bond donors (Lipinski definition) is 0. The molecule has 0 unspecified atom stereocenters. The maximum Gasteiger partial charge on any atom is 0.281 e. The third-order valence-corrected chi connectivity index (χ3v) is 5.46. The highest BCUT2D eigenvalue weighted by molar-refractivity contribution is 7.80. The zero-order valence-electron chi connectivity index (χ0n) is 16.9. The van der Waals surface area contributed by atoms with E-state index in [0.29, 0.717) is 17.4 Å². The molecular formula is C25H22N2O2S. The van der Waals surface area contributed by atoms with Gasteiger partial charge in [-0.05, 0) is 49.0 Å². The monoisotopic (exact) mass is 414 g/mol. The summed E-state index contributed by atoms with van der Waals surface area (Å²) in [6, 6.07) is 25.4. The quantitative estimate of drug-likeness (QED) is 0.426. The summed E-state index contributed by atoms with van der Waals surface area (Å²) in [6.07, 6.45) is 1.84. The molecule has 0 atom stereocenters. The lowest BCUT2D eigenvalue weighted by atomic mass is 10.1. The van der Waals surface area contributed by atoms with Gasteiger partial charge < -0.3 is 9.64 Å². The molecule has 150 valence electrons. The number of rotatable bonds is 5. The SMILES string of the molecule is Cc1ccc(COc2ccccc2/C=C2/C(=O)N(c3ccccc3)C(=S)N2C)cc1. The van der Waals surface area contributed by atoms with Crippen LogP contribution in [0.3, 0.4) is 0 Å². The molecule has 0 aliphatic carbocycles. The maximum absolute atomic E-state index is 13.1. The van der Waals surface area contributed by atoms with E-state index < -0.39 is 0 Å². The molecule has 5 heteroatoms. The normalized spacial score (nSPS) is 15.2. The van der Waals surface area contributed by atoms with E-state index in [9.17, 15) is 4.79 Å². The van der Waals surface area contributed by atoms with Crippen molar-refractivity contribution in [3.05, 3.63) is 101 Å². The largest absolute Gasteiger partial charge is 0.488 e. The summed E-state index contributed by atoms with van der Waals surface area (Å²) < 4.78 is 6.06. The van der Waals surface area contributed by atoms with Crippen molar-refractivity contribution < 1.29 is 9.53 Å². The van der Waals surface area contributed by atoms with Gasteiger partial charge in [-0.1, -0.05) is 66.2 Å². The third kappa shape index (κ3) is 3.98. The van der Waals surface area contributed by atoms with Crippen molar-refractivity contribution in [3.63, 3.8) is 0 Å². The molecule has 1 fully saturated rings. The molecule has 1 saturated heterocycles. The zero-order valence-corrected chi connectivity index (χ0v) is 17.7. The second-order valence-electron chi connectivity index (χ2n) is 7.16. The summed E-state index contributed by atoms with van der Waals surface area (Å²) in [5.74, 6) is 0.567. The van der Waals surface area contributed by atoms with Crippen LogP contribution in [0.2, 0.25) is 0 Å². The summed E-state index contributed by atoms with van der Waals surface area (Å²) in [4.78, 5) is 16.4. The highest BCUT2D eigenvalue weighted by atomic mass is 32.1. The molecule has 1 heterocycles. The van der Waals surface area contributed by atoms with Crippen LogP contribution >= 0.6 is 12.2 Å². The number of ether oxygens (including phenoxy) is 1. The third-order valence-electron chi connectivity index (χ3n) is 5.00. The van der Waals surface area contributed by atoms with Gasteiger partial charge in [-0.3, -0.25) is 9.69 Å². The Bertz CT molecular complexity index is 1110. The van der Waals surface area contributed by atoms with E-state index in [-0.39, 0.29) is 5.91 Å². The van der Waals surface area contributed by atoms with Gasteiger partial charge in [0.1, 0.15) is 18.1 Å². The topological polar surface area (TPSA) is 32.8 Å². The Morgan fingerprint density at radius 2 is 1.60 bits per heavy atom. The highest BCUT2D eigenvalue weighted by Gasteiger charge is 2.36. The smallest absolute Gasteiger partial charge is 0.281 e. The van der Waals surface area contributed by atoms with Crippen molar-refractivity contribution >= 4 is 35.0 Å². The van der Waals surface area contributed by atoms with Gasteiger partial charge in [0.05, 0.1) is 5.69 Å². The number of anilines is 1. The Labute approximate surface area is 182 Å². The van der Waals surface area contributed by atoms with E-state index in [1.165, 1.54) is 5.56 Å². The van der Waals surface area contributed by atoms with Crippen molar-refractivity contribution in [2.75, 3.05) is 11.9 Å². The molecule has 0 aromatic heterocycles. The fourth-order valence-electron chi connectivity index (χ4n) is 3.29. The minimum Gasteiger partial charge on any atom is -0.488 e. The molecule has 0 N–H and O–H groups in total. The molecule has 0 saturated carbocycles. The Hall–Kier alpha value is -3.44. The Balaban J connectivity index is 1.61. The summed E-state index contributed by atoms with van der Waals surface area (Å²) in [5.41, 5.74) is 4.40. The second kappa shape index (κ2) is 8.51. The van der Waals surface area contributed by atoms with Crippen molar-refractivity contribution in [1.82, 2.24) is 4.90 Å². The van der Waals surface area contributed by atoms with E-state index in [0.717, 1.165) is 22.6 Å². The fourth-order valence-corrected chi connectivity index (χ4v) is 3.57. The van der Waals surface area contributed by atoms with Crippen LogP contribution in [-0.2, 0) is 11.4 Å². The van der Waals surface area contributed by atoms with Gasteiger partial charge >= 0.3 is 0 Å². The molecule has 0 spiro atoms. The van der Waals surface area contributed by atoms with Crippen molar-refractivity contribution in [2.45, 2.75) is 13.5 Å². The van der Waals surface area contributed by atoms with E-state index in [4.69, 9.17) is 17.0 Å². The number of thiocarbonyl (C=S) groups is 1. The van der Waals surface area contributed by atoms with E-state index in [1.54, 1.807) is 9.80 Å². The number of benzene rings is 3. The van der Waals surface area contributed by atoms with Gasteiger partial charge in [-0.25, -0.2) is 0 Å². The molecular weight excluding hydrogens is 392 g/mol. The minimum atomic E-state index is -0.151. The average molecular weight is 415 g/mol. The number of nitrogens with zero attached hydrogens (tertiary/aromatic N) is 2. The summed E-state index contributed by atoms with van der Waals surface area (Å²) >= 11 is 5.53. The molecule has 30 heavy (non-hydrogen) atoms. The van der Waals surface area contributed by atoms with Crippen LogP contribution in [0, 0.1) is 6.92 Å². The van der Waals surface area contributed by atoms with Gasteiger partial charge in [-0.2, -0.15) is 0 Å². The summed E-state index contributed by atoms with van der Waals surface area (Å²) in [5, 5.41) is 0.454. The first-order chi connectivity index (χ1) is 14.5. The van der Waals surface area contributed by atoms with Gasteiger partial charge in [0.15, 0.2) is 5.11 Å². The number of likely N-dealkylation sites (N-methyl/N-ethyl adjacent to an activating group) is 1. The molecule has 1 aliphatic rings. The minimum absolute atomic E-state index is 0.151. The van der Waals surface area contributed by atoms with Crippen molar-refractivity contribution in [1.29, 1.82) is 0 Å². The number of carbonyl (C=O) groups excluding carboxylic acids is 1. The summed E-state index contributed by atoms with van der Waals surface area (Å²) in [6.45, 7) is 2.52. The van der Waals surface area contributed by atoms with Crippen molar-refractivity contribution in [3.8, 4) is 5.75 Å². The first-order valence-electron chi connectivity index (χ1n) is 9.71. The Morgan fingerprint density at radius 3 is 2.33 bits per heavy atom. The molecule has 1 aliphatic heterocycles. The lowest BCUT2D eigenvalue weighted by molar-refractivity contribution is -0.114. The lowest BCUT2D eigenvalue weighted by Crippen LogP contribution is -2.30. The molecule has 4 nitrogen and oxygen atoms in total. The predicted octanol–water partition coefficient (Wildman–Crippen LogP) is 5.18. The van der Waals surface area contributed by atoms with E-state index >= 15 is 0 Å². The van der Waals surface area contributed by atoms with Gasteiger partial charge in [-0.15, -0.1) is 0 Å². The van der Waals surface area contributed by atoms with Gasteiger partial charge in [0, 0.05) is 12.6 Å². The van der Waals surface area contributed by atoms with E-state index in [1.807, 2.05) is 67.7 Å². The van der Waals surface area contributed by atoms with E-state index in [2.05, 4.69) is 31.2 Å². The predicted molar refractivity (Wildman–Crippen MR) is 124 cm³/mol. The van der Waals surface area contributed by atoms with Crippen LogP contribution in [0.1, 0.15) is 16.7 Å². The Kier molecular flexibility index (Phi) is 5.63. The standard InChI is InChI=1S/C25H22N2O2S/c1-18-12-14-19(15-13-18)17-29-23-11-7-6-8-20(23)16-22-24(28)27(25(30)26(22)2)21-9-4-3-5-10-21/h3-16H,17H2,1-2H3/b22-16-. The molecule has 3 aromatic rings. The maximum atomic E-state index is 13.1. The number of para-hydroxylation sites is 2. The molecule has 0 bridgehead atoms. The van der Waals surface area contributed by atoms with Crippen LogP contribution in [0.15, 0.2) is 84.6 Å². The lowest BCUT2D eigenvalue weighted by Gasteiger charge is -2.16. The number of hydrogen-bond acceptors (Lipinski definition) is 3. The average Bonchev–Trinajstić information content (AvgIpc) is 2.98. The summed E-state index contributed by atoms with van der Waals surface area (Å²) in [7, 11) is 1.81. The highest BCUT2D eigenvalue weighted by Crippen LogP contribution is 2.30. The van der Waals surface area contributed by atoms with Crippen LogP contribution in [0.5, 0.6) is 5.75 Å². The number of amides is 1. The van der Waals surface area contributed by atoms with Crippen molar-refractivity contribution in [2.24, 2.45) is 0 Å². The molecule has 4 rings (SSSR count). The van der Waals surface area contributed by atoms with Gasteiger partial charge in [0.25, 0.3) is 5.91 Å². The van der Waals surface area contributed by atoms with Crippen LogP contribution in [0.25, 0.3) is 6.08 Å². The molecule has 1 amide bonds. The first-order valence-corrected chi connectivity index (χ1v) is 10.1. The molecule has 0 radical (unpaired) electrons. The van der Waals surface area contributed by atoms with Crippen LogP contribution in [-0.4, -0.2) is 23.0 Å². The Morgan fingerprint density at radius 1 is 0.933 bits per heavy atom. The number of aryl methyl sites for hydroxylation is 1. The second-order valence-corrected chi connectivity index (χ2v) is 7.52. The molecule has 3 aromatic carbocycles. The zero-order chi connectivity index (χ0) is 21.1. The van der Waals surface area contributed by atoms with Crippen LogP contribution in [0.4, 0.5) is 5.69 Å². The first kappa shape index (κ1) is 19.9. The number of carbonyl (C=O) groups is 1. The van der Waals surface area contributed by atoms with Gasteiger partial charge in [0.2, 0.25) is 0 Å². The van der Waals surface area contributed by atoms with Crippen LogP contribution < -0.4 is 9.64 Å². The fraction of sp³-hybridized carbons (Fsp3) is 0.120.